The van der Waals surface area contributed by atoms with Crippen LogP contribution in [-0.4, -0.2) is 60.7 Å². The number of hydrogen-bond donors (Lipinski definition) is 1. The summed E-state index contributed by atoms with van der Waals surface area (Å²) >= 11 is 0. The normalized spacial score (nSPS) is 44.1. The van der Waals surface area contributed by atoms with Crippen LogP contribution >= 0.6 is 0 Å². The molecule has 3 saturated heterocycles. The van der Waals surface area contributed by atoms with E-state index in [4.69, 9.17) is 4.74 Å². The number of carbonyl (C=O) groups is 1. The molecule has 2 bridgehead atoms. The fourth-order valence-electron chi connectivity index (χ4n) is 2.95. The standard InChI is InChI=1S/C11H17F2NO3/c1-9-3-4-14(5-11(9,12)13)10(6-15,7-17-2)8(9)16/h15H,3-7H2,1-2H3/t9-,10-/m0/s1. The lowest BCUT2D eigenvalue weighted by Gasteiger charge is -2.58. The Labute approximate surface area is 98.5 Å². The van der Waals surface area contributed by atoms with E-state index >= 15 is 0 Å². The number of aliphatic hydroxyl groups excluding tert-OH is 1. The number of aliphatic hydroxyl groups is 1. The summed E-state index contributed by atoms with van der Waals surface area (Å²) in [6.07, 6.45) is 0.129. The number of methoxy groups -OCH3 is 1. The molecule has 0 saturated carbocycles. The maximum atomic E-state index is 13.9. The second-order valence-electron chi connectivity index (χ2n) is 5.16. The van der Waals surface area contributed by atoms with Gasteiger partial charge in [-0.3, -0.25) is 9.69 Å². The van der Waals surface area contributed by atoms with Gasteiger partial charge in [0.2, 0.25) is 0 Å². The maximum Gasteiger partial charge on any atom is 0.272 e. The van der Waals surface area contributed by atoms with Crippen LogP contribution in [0.5, 0.6) is 0 Å². The molecular formula is C11H17F2NO3. The topological polar surface area (TPSA) is 49.8 Å². The van der Waals surface area contributed by atoms with Gasteiger partial charge in [-0.25, -0.2) is 8.78 Å². The third-order valence-corrected chi connectivity index (χ3v) is 4.25. The summed E-state index contributed by atoms with van der Waals surface area (Å²) in [6, 6.07) is 0. The number of hydrogen-bond acceptors (Lipinski definition) is 4. The summed E-state index contributed by atoms with van der Waals surface area (Å²) < 4.78 is 32.7. The van der Waals surface area contributed by atoms with E-state index in [1.54, 1.807) is 0 Å². The van der Waals surface area contributed by atoms with Crippen molar-refractivity contribution in [2.75, 3.05) is 33.4 Å². The van der Waals surface area contributed by atoms with Gasteiger partial charge in [0.25, 0.3) is 5.92 Å². The summed E-state index contributed by atoms with van der Waals surface area (Å²) in [6.45, 7) is 0.673. The van der Waals surface area contributed by atoms with Crippen molar-refractivity contribution in [3.63, 3.8) is 0 Å². The lowest BCUT2D eigenvalue weighted by atomic mass is 9.62. The molecule has 3 heterocycles. The van der Waals surface area contributed by atoms with Gasteiger partial charge in [0.15, 0.2) is 5.78 Å². The van der Waals surface area contributed by atoms with Crippen molar-refractivity contribution in [3.05, 3.63) is 0 Å². The third kappa shape index (κ3) is 1.41. The van der Waals surface area contributed by atoms with E-state index in [1.807, 2.05) is 0 Å². The van der Waals surface area contributed by atoms with Gasteiger partial charge in [0.1, 0.15) is 5.54 Å². The Balaban J connectivity index is 2.45. The number of fused-ring (bicyclic) bond motifs is 3. The van der Waals surface area contributed by atoms with Gasteiger partial charge in [-0.05, 0) is 13.3 Å². The average molecular weight is 249 g/mol. The van der Waals surface area contributed by atoms with Crippen LogP contribution < -0.4 is 0 Å². The van der Waals surface area contributed by atoms with E-state index in [9.17, 15) is 18.7 Å². The molecule has 0 aromatic carbocycles. The Bertz CT molecular complexity index is 350. The van der Waals surface area contributed by atoms with Crippen LogP contribution in [0.4, 0.5) is 8.78 Å². The Kier molecular flexibility index (Phi) is 2.80. The number of halogens is 2. The molecule has 6 heteroatoms. The SMILES string of the molecule is COC[C@@]1(CO)C(=O)[C@]2(C)CCN1CC2(F)F. The van der Waals surface area contributed by atoms with E-state index in [2.05, 4.69) is 0 Å². The first kappa shape index (κ1) is 12.9. The summed E-state index contributed by atoms with van der Waals surface area (Å²) in [7, 11) is 1.40. The van der Waals surface area contributed by atoms with Gasteiger partial charge in [0.05, 0.1) is 25.2 Å². The number of rotatable bonds is 3. The summed E-state index contributed by atoms with van der Waals surface area (Å²) in [5, 5.41) is 9.46. The van der Waals surface area contributed by atoms with Crippen molar-refractivity contribution in [2.24, 2.45) is 5.41 Å². The molecule has 3 aliphatic heterocycles. The van der Waals surface area contributed by atoms with E-state index in [1.165, 1.54) is 18.9 Å². The predicted octanol–water partition coefficient (Wildman–Crippen LogP) is 0.294. The molecular weight excluding hydrogens is 232 g/mol. The van der Waals surface area contributed by atoms with Crippen molar-refractivity contribution < 1.29 is 23.4 Å². The Morgan fingerprint density at radius 2 is 2.18 bits per heavy atom. The Morgan fingerprint density at radius 3 is 2.65 bits per heavy atom. The maximum absolute atomic E-state index is 13.9. The molecule has 17 heavy (non-hydrogen) atoms. The lowest BCUT2D eigenvalue weighted by Crippen LogP contribution is -2.78. The van der Waals surface area contributed by atoms with Crippen LogP contribution in [0.25, 0.3) is 0 Å². The number of Topliss-reactive ketones (excluding diaryl/α,β-unsaturated/α-hetero) is 1. The average Bonchev–Trinajstić information content (AvgIpc) is 2.27. The van der Waals surface area contributed by atoms with E-state index in [0.29, 0.717) is 6.54 Å². The van der Waals surface area contributed by atoms with Gasteiger partial charge < -0.3 is 9.84 Å². The second kappa shape index (κ2) is 3.70. The number of ether oxygens (including phenoxy) is 1. The molecule has 0 radical (unpaired) electrons. The molecule has 3 aliphatic rings. The number of nitrogens with zero attached hydrogens (tertiary/aromatic N) is 1. The van der Waals surface area contributed by atoms with Crippen molar-refractivity contribution in [1.29, 1.82) is 0 Å². The van der Waals surface area contributed by atoms with Crippen LogP contribution in [0.2, 0.25) is 0 Å². The Hall–Kier alpha value is -0.590. The van der Waals surface area contributed by atoms with Crippen molar-refractivity contribution >= 4 is 5.78 Å². The molecule has 98 valence electrons. The molecule has 0 aromatic rings. The minimum atomic E-state index is -3.03. The van der Waals surface area contributed by atoms with Gasteiger partial charge >= 0.3 is 0 Å². The van der Waals surface area contributed by atoms with Gasteiger partial charge in [-0.2, -0.15) is 0 Å². The monoisotopic (exact) mass is 249 g/mol. The summed E-state index contributed by atoms with van der Waals surface area (Å²) in [4.78, 5) is 13.7. The number of carbonyl (C=O) groups excluding carboxylic acids is 1. The third-order valence-electron chi connectivity index (χ3n) is 4.25. The van der Waals surface area contributed by atoms with Crippen molar-refractivity contribution in [1.82, 2.24) is 4.90 Å². The minimum Gasteiger partial charge on any atom is -0.394 e. The molecule has 4 nitrogen and oxygen atoms in total. The molecule has 3 rings (SSSR count). The van der Waals surface area contributed by atoms with E-state index < -0.39 is 35.8 Å². The molecule has 0 aliphatic carbocycles. The van der Waals surface area contributed by atoms with Crippen LogP contribution in [0.1, 0.15) is 13.3 Å². The first-order valence-electron chi connectivity index (χ1n) is 5.62. The molecule has 3 fully saturated rings. The van der Waals surface area contributed by atoms with Crippen LogP contribution in [0.3, 0.4) is 0 Å². The Morgan fingerprint density at radius 1 is 1.53 bits per heavy atom. The molecule has 1 N–H and O–H groups in total. The van der Waals surface area contributed by atoms with Crippen molar-refractivity contribution in [3.8, 4) is 0 Å². The largest absolute Gasteiger partial charge is 0.394 e. The zero-order chi connectivity index (χ0) is 12.9. The molecule has 0 spiro atoms. The highest BCUT2D eigenvalue weighted by Gasteiger charge is 2.70. The molecule has 3 atom stereocenters. The van der Waals surface area contributed by atoms with E-state index in [0.717, 1.165) is 0 Å². The smallest absolute Gasteiger partial charge is 0.272 e. The predicted molar refractivity (Wildman–Crippen MR) is 55.9 cm³/mol. The second-order valence-corrected chi connectivity index (χ2v) is 5.16. The fraction of sp³-hybridized carbons (Fsp3) is 0.909. The summed E-state index contributed by atoms with van der Waals surface area (Å²) in [5.41, 5.74) is -2.97. The fourth-order valence-corrected chi connectivity index (χ4v) is 2.95. The highest BCUT2D eigenvalue weighted by Crippen LogP contribution is 2.53. The van der Waals surface area contributed by atoms with Crippen LogP contribution in [0.15, 0.2) is 0 Å². The van der Waals surface area contributed by atoms with Gasteiger partial charge in [0, 0.05) is 13.7 Å². The number of alkyl halides is 2. The number of piperidine rings is 3. The minimum absolute atomic E-state index is 0.0476. The highest BCUT2D eigenvalue weighted by atomic mass is 19.3. The first-order chi connectivity index (χ1) is 7.84. The van der Waals surface area contributed by atoms with E-state index in [-0.39, 0.29) is 13.0 Å². The molecule has 1 unspecified atom stereocenters. The summed E-state index contributed by atoms with van der Waals surface area (Å²) in [5.74, 6) is -3.63. The van der Waals surface area contributed by atoms with Crippen molar-refractivity contribution in [2.45, 2.75) is 24.8 Å². The van der Waals surface area contributed by atoms with Crippen LogP contribution in [0, 0.1) is 5.41 Å². The zero-order valence-electron chi connectivity index (χ0n) is 10.0. The van der Waals surface area contributed by atoms with Crippen LogP contribution in [-0.2, 0) is 9.53 Å². The zero-order valence-corrected chi connectivity index (χ0v) is 10.0. The quantitative estimate of drug-likeness (QED) is 0.781. The van der Waals surface area contributed by atoms with Gasteiger partial charge in [-0.15, -0.1) is 0 Å². The highest BCUT2D eigenvalue weighted by molar-refractivity contribution is 5.96. The number of ketones is 1. The molecule has 0 aromatic heterocycles. The first-order valence-corrected chi connectivity index (χ1v) is 5.62. The lowest BCUT2D eigenvalue weighted by molar-refractivity contribution is -0.231. The molecule has 0 amide bonds. The van der Waals surface area contributed by atoms with Gasteiger partial charge in [-0.1, -0.05) is 0 Å².